The number of Topliss-reactive ketones (excluding diaryl/α,β-unsaturated/α-hetero) is 1. The number of hydrogen-bond acceptors (Lipinski definition) is 11. The van der Waals surface area contributed by atoms with Gasteiger partial charge in [0.25, 0.3) is 5.91 Å². The van der Waals surface area contributed by atoms with E-state index in [1.165, 1.54) is 36.4 Å². The number of ether oxygens (including phenoxy) is 2. The molecule has 3 aromatic rings. The van der Waals surface area contributed by atoms with E-state index in [-0.39, 0.29) is 22.6 Å². The van der Waals surface area contributed by atoms with Gasteiger partial charge in [-0.25, -0.2) is 26.4 Å². The SMILES string of the molecule is CC(C)(C)OC(=O)C[C@H](NC(=O)c1ccc(CNS(=O)(=O)c2ccc(O)c(C(=O)OC(C)(C)C)c2)cc1)C(=O)CS(=O)(=O)Cc1cccc(Cl)c1. The molecule has 0 heterocycles. The molecule has 0 aliphatic heterocycles. The van der Waals surface area contributed by atoms with Crippen molar-refractivity contribution in [2.75, 3.05) is 5.75 Å². The third-order valence-corrected chi connectivity index (χ3v) is 9.83. The van der Waals surface area contributed by atoms with Crippen LogP contribution in [0.15, 0.2) is 71.6 Å². The topological polar surface area (TPSA) is 199 Å². The number of phenolic OH excluding ortho intramolecular Hbond substituents is 1. The molecule has 3 aromatic carbocycles. The number of phenols is 1. The second kappa shape index (κ2) is 16.4. The van der Waals surface area contributed by atoms with E-state index >= 15 is 0 Å². The van der Waals surface area contributed by atoms with Crippen LogP contribution in [-0.2, 0) is 51.2 Å². The zero-order chi connectivity index (χ0) is 38.4. The average molecular weight is 765 g/mol. The molecule has 3 N–H and O–H groups in total. The highest BCUT2D eigenvalue weighted by Gasteiger charge is 2.31. The van der Waals surface area contributed by atoms with Gasteiger partial charge in [-0.15, -0.1) is 0 Å². The molecule has 0 bridgehead atoms. The predicted octanol–water partition coefficient (Wildman–Crippen LogP) is 4.49. The molecule has 0 fully saturated rings. The number of sulfone groups is 1. The minimum atomic E-state index is -4.17. The van der Waals surface area contributed by atoms with Gasteiger partial charge in [-0.1, -0.05) is 35.9 Å². The van der Waals surface area contributed by atoms with Crippen molar-refractivity contribution >= 4 is 55.1 Å². The monoisotopic (exact) mass is 764 g/mol. The Hall–Kier alpha value is -4.31. The Bertz CT molecular complexity index is 2000. The Morgan fingerprint density at radius 2 is 1.45 bits per heavy atom. The number of ketones is 1. The number of hydrogen-bond donors (Lipinski definition) is 3. The van der Waals surface area contributed by atoms with Crippen LogP contribution in [0.25, 0.3) is 0 Å². The maximum Gasteiger partial charge on any atom is 0.342 e. The van der Waals surface area contributed by atoms with Crippen molar-refractivity contribution in [2.45, 2.75) is 82.4 Å². The number of carbonyl (C=O) groups excluding carboxylic acids is 4. The maximum atomic E-state index is 13.2. The smallest absolute Gasteiger partial charge is 0.342 e. The van der Waals surface area contributed by atoms with Gasteiger partial charge < -0.3 is 19.9 Å². The lowest BCUT2D eigenvalue weighted by Crippen LogP contribution is -2.45. The van der Waals surface area contributed by atoms with E-state index in [1.54, 1.807) is 53.7 Å². The molecule has 1 atom stereocenters. The van der Waals surface area contributed by atoms with Gasteiger partial charge in [-0.3, -0.25) is 14.4 Å². The first kappa shape index (κ1) is 41.1. The van der Waals surface area contributed by atoms with Crippen molar-refractivity contribution in [1.29, 1.82) is 0 Å². The van der Waals surface area contributed by atoms with Crippen LogP contribution in [0, 0.1) is 0 Å². The van der Waals surface area contributed by atoms with E-state index in [0.29, 0.717) is 16.1 Å². The summed E-state index contributed by atoms with van der Waals surface area (Å²) in [6.45, 7) is 9.49. The molecule has 0 saturated heterocycles. The lowest BCUT2D eigenvalue weighted by atomic mass is 10.1. The lowest BCUT2D eigenvalue weighted by molar-refractivity contribution is -0.156. The number of aromatic hydroxyl groups is 1. The van der Waals surface area contributed by atoms with Crippen LogP contribution in [0.1, 0.15) is 79.8 Å². The first-order chi connectivity index (χ1) is 23.4. The second-order valence-corrected chi connectivity index (χ2v) is 17.9. The molecular weight excluding hydrogens is 724 g/mol. The van der Waals surface area contributed by atoms with Crippen LogP contribution in [-0.4, -0.2) is 68.6 Å². The Morgan fingerprint density at radius 3 is 2.04 bits per heavy atom. The summed E-state index contributed by atoms with van der Waals surface area (Å²) in [5.41, 5.74) is -1.30. The molecule has 0 aliphatic rings. The van der Waals surface area contributed by atoms with E-state index in [4.69, 9.17) is 21.1 Å². The number of amides is 1. The molecule has 16 heteroatoms. The van der Waals surface area contributed by atoms with Crippen molar-refractivity contribution in [3.05, 3.63) is 94.0 Å². The van der Waals surface area contributed by atoms with Crippen molar-refractivity contribution < 1.29 is 50.6 Å². The highest BCUT2D eigenvalue weighted by molar-refractivity contribution is 7.91. The summed E-state index contributed by atoms with van der Waals surface area (Å²) in [5.74, 6) is -5.36. The van der Waals surface area contributed by atoms with Gasteiger partial charge in [0.1, 0.15) is 28.3 Å². The summed E-state index contributed by atoms with van der Waals surface area (Å²) in [6.07, 6.45) is -0.624. The van der Waals surface area contributed by atoms with E-state index in [0.717, 1.165) is 18.2 Å². The summed E-state index contributed by atoms with van der Waals surface area (Å²) in [5, 5.41) is 12.9. The fraction of sp³-hybridized carbons (Fsp3) is 0.371. The molecule has 0 aromatic heterocycles. The molecule has 276 valence electrons. The Balaban J connectivity index is 1.72. The standard InChI is InChI=1S/C35H41ClN2O11S2/c1-34(2,3)48-31(41)18-28(30(40)21-50(44,45)20-23-8-7-9-25(36)16-23)38-32(42)24-12-10-22(11-13-24)19-37-51(46,47)26-14-15-29(39)27(17-26)33(43)49-35(4,5)6/h7-17,28,37,39H,18-21H2,1-6H3,(H,38,42)/t28-/m0/s1. The summed E-state index contributed by atoms with van der Waals surface area (Å²) >= 11 is 5.95. The van der Waals surface area contributed by atoms with Crippen molar-refractivity contribution in [3.63, 3.8) is 0 Å². The van der Waals surface area contributed by atoms with Crippen LogP contribution in [0.4, 0.5) is 0 Å². The zero-order valence-corrected chi connectivity index (χ0v) is 31.4. The molecule has 1 amide bonds. The number of halogens is 1. The van der Waals surface area contributed by atoms with Crippen LogP contribution < -0.4 is 10.0 Å². The average Bonchev–Trinajstić information content (AvgIpc) is 2.97. The Kier molecular flexibility index (Phi) is 13.2. The summed E-state index contributed by atoms with van der Waals surface area (Å²) < 4.78 is 64.7. The first-order valence-corrected chi connectivity index (χ1v) is 19.3. The van der Waals surface area contributed by atoms with Gasteiger partial charge in [0, 0.05) is 17.1 Å². The van der Waals surface area contributed by atoms with E-state index in [1.807, 2.05) is 0 Å². The quantitative estimate of drug-likeness (QED) is 0.195. The molecule has 0 radical (unpaired) electrons. The number of rotatable bonds is 14. The Labute approximate surface area is 302 Å². The van der Waals surface area contributed by atoms with E-state index in [9.17, 15) is 41.1 Å². The molecule has 0 saturated carbocycles. The minimum Gasteiger partial charge on any atom is -0.507 e. The van der Waals surface area contributed by atoms with Crippen molar-refractivity contribution in [2.24, 2.45) is 0 Å². The molecular formula is C35H41ClN2O11S2. The van der Waals surface area contributed by atoms with Gasteiger partial charge in [0.2, 0.25) is 10.0 Å². The normalized spacial score (nSPS) is 12.8. The third-order valence-electron chi connectivity index (χ3n) is 6.70. The van der Waals surface area contributed by atoms with Crippen molar-refractivity contribution in [3.8, 4) is 5.75 Å². The first-order valence-electron chi connectivity index (χ1n) is 15.6. The molecule has 3 rings (SSSR count). The summed E-state index contributed by atoms with van der Waals surface area (Å²) in [7, 11) is -8.20. The Morgan fingerprint density at radius 1 is 0.824 bits per heavy atom. The highest BCUT2D eigenvalue weighted by Crippen LogP contribution is 2.24. The summed E-state index contributed by atoms with van der Waals surface area (Å²) in [6, 6.07) is 13.4. The van der Waals surface area contributed by atoms with Crippen LogP contribution in [0.2, 0.25) is 5.02 Å². The number of sulfonamides is 1. The number of benzene rings is 3. The molecule has 51 heavy (non-hydrogen) atoms. The van der Waals surface area contributed by atoms with Gasteiger partial charge >= 0.3 is 11.9 Å². The van der Waals surface area contributed by atoms with Gasteiger partial charge in [-0.05, 0) is 95.1 Å². The van der Waals surface area contributed by atoms with Crippen LogP contribution in [0.3, 0.4) is 0 Å². The number of esters is 2. The lowest BCUT2D eigenvalue weighted by Gasteiger charge is -2.22. The van der Waals surface area contributed by atoms with Gasteiger partial charge in [0.05, 0.1) is 23.1 Å². The fourth-order valence-electron chi connectivity index (χ4n) is 4.50. The zero-order valence-electron chi connectivity index (χ0n) is 29.0. The molecule has 0 aliphatic carbocycles. The third kappa shape index (κ3) is 13.4. The van der Waals surface area contributed by atoms with Gasteiger partial charge in [-0.2, -0.15) is 0 Å². The predicted molar refractivity (Wildman–Crippen MR) is 189 cm³/mol. The van der Waals surface area contributed by atoms with Gasteiger partial charge in [0.15, 0.2) is 15.6 Å². The summed E-state index contributed by atoms with van der Waals surface area (Å²) in [4.78, 5) is 51.2. The number of nitrogens with one attached hydrogen (secondary N) is 2. The van der Waals surface area contributed by atoms with E-state index in [2.05, 4.69) is 10.0 Å². The van der Waals surface area contributed by atoms with Crippen LogP contribution >= 0.6 is 11.6 Å². The maximum absolute atomic E-state index is 13.2. The van der Waals surface area contributed by atoms with Crippen molar-refractivity contribution in [1.82, 2.24) is 10.0 Å². The second-order valence-electron chi connectivity index (χ2n) is 13.6. The fourth-order valence-corrected chi connectivity index (χ4v) is 7.18. The number of carbonyl (C=O) groups is 4. The highest BCUT2D eigenvalue weighted by atomic mass is 35.5. The molecule has 0 unspecified atom stereocenters. The minimum absolute atomic E-state index is 0.0333. The largest absolute Gasteiger partial charge is 0.507 e. The molecule has 13 nitrogen and oxygen atoms in total. The molecule has 0 spiro atoms. The van der Waals surface area contributed by atoms with Crippen LogP contribution in [0.5, 0.6) is 5.75 Å². The van der Waals surface area contributed by atoms with E-state index < -0.39 is 84.4 Å².